The number of alkyl halides is 3. The van der Waals surface area contributed by atoms with Crippen molar-refractivity contribution in [2.75, 3.05) is 18.1 Å². The Bertz CT molecular complexity index is 1250. The molecule has 0 spiro atoms. The lowest BCUT2D eigenvalue weighted by atomic mass is 10.2. The van der Waals surface area contributed by atoms with Gasteiger partial charge in [0.05, 0.1) is 16.2 Å². The van der Waals surface area contributed by atoms with Crippen LogP contribution in [0.5, 0.6) is 0 Å². The number of hydrogen-bond acceptors (Lipinski definition) is 6. The van der Waals surface area contributed by atoms with Crippen LogP contribution in [-0.2, 0) is 21.0 Å². The SMILES string of the molecule is CNS(=O)(=O)c1cc(NC(=O)CSc2nc(C(F)(F)F)nc3ccccc23)ccc1C. The van der Waals surface area contributed by atoms with Gasteiger partial charge in [0.25, 0.3) is 0 Å². The number of nitrogens with one attached hydrogen (secondary N) is 2. The van der Waals surface area contributed by atoms with Crippen LogP contribution in [-0.4, -0.2) is 37.1 Å². The molecule has 0 atom stereocenters. The zero-order chi connectivity index (χ0) is 22.8. The van der Waals surface area contributed by atoms with E-state index in [2.05, 4.69) is 20.0 Å². The molecule has 7 nitrogen and oxygen atoms in total. The van der Waals surface area contributed by atoms with Gasteiger partial charge in [0.1, 0.15) is 5.03 Å². The molecule has 0 aliphatic carbocycles. The van der Waals surface area contributed by atoms with Crippen LogP contribution in [0.1, 0.15) is 11.4 Å². The summed E-state index contributed by atoms with van der Waals surface area (Å²) in [5.74, 6) is -2.05. The number of amides is 1. The summed E-state index contributed by atoms with van der Waals surface area (Å²) in [5.41, 5.74) is 0.857. The van der Waals surface area contributed by atoms with E-state index >= 15 is 0 Å². The first-order chi connectivity index (χ1) is 14.5. The number of aromatic nitrogens is 2. The second-order valence-corrected chi connectivity index (χ2v) is 9.21. The second kappa shape index (κ2) is 8.81. The van der Waals surface area contributed by atoms with Crippen molar-refractivity contribution in [2.45, 2.75) is 23.0 Å². The Kier molecular flexibility index (Phi) is 6.53. The minimum absolute atomic E-state index is 0.0112. The zero-order valence-electron chi connectivity index (χ0n) is 16.3. The maximum absolute atomic E-state index is 13.1. The smallest absolute Gasteiger partial charge is 0.325 e. The van der Waals surface area contributed by atoms with Gasteiger partial charge in [-0.15, -0.1) is 0 Å². The third-order valence-electron chi connectivity index (χ3n) is 4.19. The Hall–Kier alpha value is -2.70. The van der Waals surface area contributed by atoms with Crippen molar-refractivity contribution in [3.8, 4) is 0 Å². The molecule has 0 fully saturated rings. The summed E-state index contributed by atoms with van der Waals surface area (Å²) in [7, 11) is -2.44. The first-order valence-electron chi connectivity index (χ1n) is 8.82. The molecule has 0 aliphatic heterocycles. The molecule has 3 rings (SSSR count). The topological polar surface area (TPSA) is 101 Å². The fourth-order valence-electron chi connectivity index (χ4n) is 2.69. The van der Waals surface area contributed by atoms with Gasteiger partial charge in [-0.05, 0) is 37.7 Å². The Morgan fingerprint density at radius 3 is 2.52 bits per heavy atom. The summed E-state index contributed by atoms with van der Waals surface area (Å²) in [6.45, 7) is 1.62. The van der Waals surface area contributed by atoms with E-state index in [1.54, 1.807) is 31.2 Å². The van der Waals surface area contributed by atoms with E-state index in [0.29, 0.717) is 10.9 Å². The number of carbonyl (C=O) groups is 1. The maximum Gasteiger partial charge on any atom is 0.451 e. The van der Waals surface area contributed by atoms with Crippen molar-refractivity contribution in [1.29, 1.82) is 0 Å². The second-order valence-electron chi connectivity index (χ2n) is 6.39. The number of benzene rings is 2. The normalized spacial score (nSPS) is 12.2. The molecular formula is C19H17F3N4O3S2. The van der Waals surface area contributed by atoms with Crippen LogP contribution in [0.3, 0.4) is 0 Å². The minimum Gasteiger partial charge on any atom is -0.325 e. The van der Waals surface area contributed by atoms with Crippen molar-refractivity contribution < 1.29 is 26.4 Å². The molecule has 12 heteroatoms. The number of rotatable bonds is 6. The molecule has 164 valence electrons. The van der Waals surface area contributed by atoms with Crippen LogP contribution in [0.15, 0.2) is 52.4 Å². The number of anilines is 1. The van der Waals surface area contributed by atoms with Gasteiger partial charge in [0.2, 0.25) is 21.8 Å². The average Bonchev–Trinajstić information content (AvgIpc) is 2.72. The highest BCUT2D eigenvalue weighted by atomic mass is 32.2. The number of para-hydroxylation sites is 1. The van der Waals surface area contributed by atoms with Crippen LogP contribution < -0.4 is 10.0 Å². The summed E-state index contributed by atoms with van der Waals surface area (Å²) in [6.07, 6.45) is -4.72. The lowest BCUT2D eigenvalue weighted by molar-refractivity contribution is -0.145. The van der Waals surface area contributed by atoms with Crippen LogP contribution in [0.4, 0.5) is 18.9 Å². The van der Waals surface area contributed by atoms with E-state index in [0.717, 1.165) is 11.8 Å². The molecule has 1 aromatic heterocycles. The van der Waals surface area contributed by atoms with E-state index in [1.165, 1.54) is 25.2 Å². The Balaban J connectivity index is 1.81. The van der Waals surface area contributed by atoms with Gasteiger partial charge in [-0.1, -0.05) is 36.0 Å². The molecule has 2 N–H and O–H groups in total. The predicted molar refractivity (Wildman–Crippen MR) is 111 cm³/mol. The van der Waals surface area contributed by atoms with E-state index in [-0.39, 0.29) is 26.9 Å². The molecule has 0 saturated carbocycles. The number of hydrogen-bond donors (Lipinski definition) is 2. The number of thioether (sulfide) groups is 1. The number of nitrogens with zero attached hydrogens (tertiary/aromatic N) is 2. The first kappa shape index (κ1) is 23.0. The molecule has 3 aromatic rings. The van der Waals surface area contributed by atoms with Crippen molar-refractivity contribution in [1.82, 2.24) is 14.7 Å². The molecule has 0 aliphatic rings. The largest absolute Gasteiger partial charge is 0.451 e. The van der Waals surface area contributed by atoms with Gasteiger partial charge in [-0.25, -0.2) is 23.1 Å². The van der Waals surface area contributed by atoms with Crippen LogP contribution in [0.25, 0.3) is 10.9 Å². The number of halogens is 3. The van der Waals surface area contributed by atoms with Gasteiger partial charge < -0.3 is 5.32 Å². The summed E-state index contributed by atoms with van der Waals surface area (Å²) in [6, 6.07) is 10.6. The highest BCUT2D eigenvalue weighted by Gasteiger charge is 2.35. The number of fused-ring (bicyclic) bond motifs is 1. The number of aryl methyl sites for hydroxylation is 1. The third kappa shape index (κ3) is 5.32. The molecule has 31 heavy (non-hydrogen) atoms. The van der Waals surface area contributed by atoms with Gasteiger partial charge in [-0.3, -0.25) is 4.79 Å². The standard InChI is InChI=1S/C19H17F3N4O3S2/c1-11-7-8-12(9-15(11)31(28,29)23-2)24-16(27)10-30-17-13-5-3-4-6-14(13)25-18(26-17)19(20,21)22/h3-9,23H,10H2,1-2H3,(H,24,27). The Labute approximate surface area is 180 Å². The zero-order valence-corrected chi connectivity index (χ0v) is 18.0. The number of carbonyl (C=O) groups excluding carboxylic acids is 1. The molecule has 1 heterocycles. The van der Waals surface area contributed by atoms with Crippen molar-refractivity contribution in [3.63, 3.8) is 0 Å². The molecule has 0 unspecified atom stereocenters. The fraction of sp³-hybridized carbons (Fsp3) is 0.211. The van der Waals surface area contributed by atoms with Gasteiger partial charge in [0, 0.05) is 11.1 Å². The lowest BCUT2D eigenvalue weighted by Crippen LogP contribution is -2.20. The number of sulfonamides is 1. The monoisotopic (exact) mass is 470 g/mol. The third-order valence-corrected chi connectivity index (χ3v) is 6.74. The van der Waals surface area contributed by atoms with E-state index in [1.807, 2.05) is 0 Å². The van der Waals surface area contributed by atoms with Gasteiger partial charge >= 0.3 is 6.18 Å². The molecule has 0 saturated heterocycles. The van der Waals surface area contributed by atoms with Crippen LogP contribution >= 0.6 is 11.8 Å². The van der Waals surface area contributed by atoms with Crippen LogP contribution in [0, 0.1) is 6.92 Å². The van der Waals surface area contributed by atoms with E-state index in [4.69, 9.17) is 0 Å². The molecule has 0 bridgehead atoms. The molecule has 1 amide bonds. The van der Waals surface area contributed by atoms with Crippen molar-refractivity contribution in [2.24, 2.45) is 0 Å². The average molecular weight is 470 g/mol. The van der Waals surface area contributed by atoms with Gasteiger partial charge in [0.15, 0.2) is 0 Å². The summed E-state index contributed by atoms with van der Waals surface area (Å²) in [4.78, 5) is 19.5. The summed E-state index contributed by atoms with van der Waals surface area (Å²) >= 11 is 0.831. The van der Waals surface area contributed by atoms with Gasteiger partial charge in [-0.2, -0.15) is 13.2 Å². The van der Waals surface area contributed by atoms with E-state index < -0.39 is 27.9 Å². The highest BCUT2D eigenvalue weighted by molar-refractivity contribution is 8.00. The van der Waals surface area contributed by atoms with E-state index in [9.17, 15) is 26.4 Å². The highest BCUT2D eigenvalue weighted by Crippen LogP contribution is 2.32. The Morgan fingerprint density at radius 1 is 1.13 bits per heavy atom. The maximum atomic E-state index is 13.1. The lowest BCUT2D eigenvalue weighted by Gasteiger charge is -2.11. The quantitative estimate of drug-likeness (QED) is 0.422. The predicted octanol–water partition coefficient (Wildman–Crippen LogP) is 3.60. The fourth-order valence-corrected chi connectivity index (χ4v) is 4.51. The molecule has 0 radical (unpaired) electrons. The van der Waals surface area contributed by atoms with Crippen molar-refractivity contribution in [3.05, 3.63) is 53.9 Å². The Morgan fingerprint density at radius 2 is 1.84 bits per heavy atom. The summed E-state index contributed by atoms with van der Waals surface area (Å²) < 4.78 is 65.7. The van der Waals surface area contributed by atoms with Crippen molar-refractivity contribution >= 4 is 44.3 Å². The first-order valence-corrected chi connectivity index (χ1v) is 11.3. The summed E-state index contributed by atoms with van der Waals surface area (Å²) in [5, 5.41) is 2.97. The minimum atomic E-state index is -4.72. The van der Waals surface area contributed by atoms with Crippen LogP contribution in [0.2, 0.25) is 0 Å². The molecular weight excluding hydrogens is 453 g/mol. The molecule has 2 aromatic carbocycles.